The number of carbonyl (C=O) groups is 6. The molecule has 12 rings (SSSR count). The van der Waals surface area contributed by atoms with Gasteiger partial charge in [-0.25, -0.2) is 34.5 Å². The van der Waals surface area contributed by atoms with Gasteiger partial charge >= 0.3 is 11.9 Å². The van der Waals surface area contributed by atoms with Gasteiger partial charge in [0.15, 0.2) is 23.3 Å². The van der Waals surface area contributed by atoms with E-state index in [-0.39, 0.29) is 73.2 Å². The number of amides is 3. The third-order valence-corrected chi connectivity index (χ3v) is 21.0. The number of carbonyl (C=O) groups excluding carboxylic acids is 5. The van der Waals surface area contributed by atoms with E-state index in [2.05, 4.69) is 82.5 Å². The average molecular weight is 1750 g/mol. The van der Waals surface area contributed by atoms with Crippen LogP contribution in [0.3, 0.4) is 0 Å². The van der Waals surface area contributed by atoms with Crippen molar-refractivity contribution in [2.24, 2.45) is 16.5 Å². The number of hydrogen-bond acceptors (Lipinski definition) is 26. The van der Waals surface area contributed by atoms with Crippen LogP contribution in [-0.2, 0) is 4.74 Å². The van der Waals surface area contributed by atoms with Gasteiger partial charge in [0.2, 0.25) is 11.9 Å². The number of ether oxygens (including phenoxy) is 1. The number of thioether (sulfide) groups is 3. The predicted octanol–water partition coefficient (Wildman–Crippen LogP) is 14.0. The highest BCUT2D eigenvalue weighted by Gasteiger charge is 2.27. The average Bonchev–Trinajstić information content (AvgIpc) is 1.13. The van der Waals surface area contributed by atoms with Crippen LogP contribution < -0.4 is 27.4 Å². The minimum atomic E-state index is -0.959. The van der Waals surface area contributed by atoms with Gasteiger partial charge in [0.25, 0.3) is 17.7 Å². The maximum Gasteiger partial charge on any atom is 0.337 e. The molecule has 2 saturated heterocycles. The quantitative estimate of drug-likeness (QED) is 0.00266. The van der Waals surface area contributed by atoms with Gasteiger partial charge < -0.3 is 86.1 Å². The summed E-state index contributed by atoms with van der Waals surface area (Å²) in [4.78, 5) is 103. The number of aliphatic hydroxyl groups excluding tert-OH is 4. The number of unbranched alkanes of at least 4 members (excludes halogenated alkanes) is 4. The number of esters is 1. The normalized spacial score (nSPS) is 12.0. The molecule has 2 aliphatic heterocycles. The highest BCUT2D eigenvalue weighted by Crippen LogP contribution is 2.29. The summed E-state index contributed by atoms with van der Waals surface area (Å²) in [6, 6.07) is 54.7. The van der Waals surface area contributed by atoms with Crippen molar-refractivity contribution in [1.29, 1.82) is 0 Å². The number of piperazine rings is 2. The molecule has 644 valence electrons. The number of aliphatic hydroxyl groups is 4. The number of carboxylic acids is 1. The molecule has 2 aliphatic rings. The summed E-state index contributed by atoms with van der Waals surface area (Å²) in [5.74, 6) is 3.95. The lowest BCUT2D eigenvalue weighted by Crippen LogP contribution is -2.50. The topological polar surface area (TPSA) is 404 Å². The van der Waals surface area contributed by atoms with Gasteiger partial charge in [-0.2, -0.15) is 12.6 Å². The van der Waals surface area contributed by atoms with Gasteiger partial charge in [-0.15, -0.1) is 47.7 Å². The van der Waals surface area contributed by atoms with Crippen LogP contribution in [0.1, 0.15) is 114 Å². The van der Waals surface area contributed by atoms with E-state index >= 15 is 0 Å². The smallest absolute Gasteiger partial charge is 0.337 e. The number of allylic oxidation sites excluding steroid dienone is 1. The number of aromatic carboxylic acids is 1. The number of nitrogens with zero attached hydrogens (tertiary/aromatic N) is 9. The van der Waals surface area contributed by atoms with E-state index in [1.165, 1.54) is 41.6 Å². The highest BCUT2D eigenvalue weighted by atomic mass is 35.5. The van der Waals surface area contributed by atoms with Crippen LogP contribution in [0, 0.1) is 0 Å². The van der Waals surface area contributed by atoms with Crippen molar-refractivity contribution in [3.8, 4) is 22.5 Å². The van der Waals surface area contributed by atoms with Crippen molar-refractivity contribution in [3.05, 3.63) is 253 Å². The minimum absolute atomic E-state index is 0. The number of furan rings is 2. The van der Waals surface area contributed by atoms with Gasteiger partial charge in [0, 0.05) is 166 Å². The summed E-state index contributed by atoms with van der Waals surface area (Å²) >= 11 is 9.25. The molecule has 6 aromatic carbocycles. The number of methoxy groups -OCH3 is 1. The number of aromatic nitrogens is 4. The van der Waals surface area contributed by atoms with Gasteiger partial charge in [0.1, 0.15) is 0 Å². The van der Waals surface area contributed by atoms with E-state index in [4.69, 9.17) is 45.8 Å². The molecule has 6 heterocycles. The van der Waals surface area contributed by atoms with E-state index in [1.807, 2.05) is 91.8 Å². The zero-order valence-electron chi connectivity index (χ0n) is 67.9. The Morgan fingerprint density at radius 3 is 1.30 bits per heavy atom. The number of halogens is 1. The fraction of sp³-hybridized carbons (Fsp3) is 0.307. The Morgan fingerprint density at radius 1 is 0.521 bits per heavy atom. The molecule has 0 saturated carbocycles. The first-order valence-corrected chi connectivity index (χ1v) is 42.6. The van der Waals surface area contributed by atoms with E-state index in [1.54, 1.807) is 147 Å². The van der Waals surface area contributed by atoms with Crippen molar-refractivity contribution in [2.75, 3.05) is 134 Å². The van der Waals surface area contributed by atoms with Crippen molar-refractivity contribution in [2.45, 2.75) is 66.1 Å². The molecule has 2 fully saturated rings. The fourth-order valence-electron chi connectivity index (χ4n) is 10.9. The molecule has 0 bridgehead atoms. The molecule has 0 atom stereocenters. The molecular weight excluding hydrogens is 1640 g/mol. The Hall–Kier alpha value is -11.0. The second kappa shape index (κ2) is 56.5. The number of nitrogens with two attached hydrogens (primary N) is 2. The first-order chi connectivity index (χ1) is 58.3. The number of guanidine groups is 1. The Bertz CT molecular complexity index is 4720. The van der Waals surface area contributed by atoms with Crippen LogP contribution in [0.25, 0.3) is 22.5 Å². The van der Waals surface area contributed by atoms with Crippen molar-refractivity contribution < 1.29 is 67.9 Å². The van der Waals surface area contributed by atoms with Crippen LogP contribution in [0.2, 0.25) is 0 Å². The molecule has 0 spiro atoms. The molecule has 33 heteroatoms. The van der Waals surface area contributed by atoms with Gasteiger partial charge in [0.05, 0.1) is 47.8 Å². The van der Waals surface area contributed by atoms with E-state index < -0.39 is 5.97 Å². The highest BCUT2D eigenvalue weighted by molar-refractivity contribution is 7.99. The summed E-state index contributed by atoms with van der Waals surface area (Å²) in [7, 11) is 5.10. The van der Waals surface area contributed by atoms with Gasteiger partial charge in [-0.1, -0.05) is 24.3 Å². The number of nitrogens with one attached hydrogen (secondary N) is 3. The third kappa shape index (κ3) is 36.4. The molecule has 121 heavy (non-hydrogen) atoms. The third-order valence-electron chi connectivity index (χ3n) is 17.3. The SMILES string of the molecule is CN(C)/C=C/C(=O)c1ccc(SCCCCO)cc1.COC(=O)c1ccc(N=C(N)N)cc1.Cl.O=C(O)c1ccc(Nc2nccc(-c3ccc(SCCCCO)cc3)n2)cc1.O=C(c1ccc(Nc2nccc(-c3ccc(SCCCCO)cc3)n2)cc1)N1CCN(C(=O)c2ccco2)CC1.O=C(c1ccco1)N1CCNCC1.OCCCCS. The Kier molecular flexibility index (Phi) is 46.1. The lowest BCUT2D eigenvalue weighted by Gasteiger charge is -2.34. The second-order valence-electron chi connectivity index (χ2n) is 26.6. The van der Waals surface area contributed by atoms with Gasteiger partial charge in [-0.3, -0.25) is 19.2 Å². The summed E-state index contributed by atoms with van der Waals surface area (Å²) in [6.07, 6.45) is 17.2. The molecule has 10 aromatic rings. The molecule has 0 radical (unpaired) electrons. The van der Waals surface area contributed by atoms with Crippen LogP contribution in [0.5, 0.6) is 0 Å². The number of rotatable bonds is 33. The largest absolute Gasteiger partial charge is 0.478 e. The molecule has 0 unspecified atom stereocenters. The number of thiol groups is 1. The zero-order chi connectivity index (χ0) is 86.1. The van der Waals surface area contributed by atoms with Crippen LogP contribution >= 0.6 is 60.3 Å². The minimum Gasteiger partial charge on any atom is -0.478 e. The first kappa shape index (κ1) is 98.8. The maximum atomic E-state index is 13.0. The zero-order valence-corrected chi connectivity index (χ0v) is 72.1. The van der Waals surface area contributed by atoms with Gasteiger partial charge in [-0.05, 0) is 232 Å². The summed E-state index contributed by atoms with van der Waals surface area (Å²) < 4.78 is 14.8. The standard InChI is InChI=1S/C30H31N5O4S.C21H21N3O3S.C15H21NO2S.C9H11N3O2.C9H12N2O2.C4H10OS.ClH/c36-19-1-2-21-40-25-11-7-22(8-12-25)26-13-14-31-30(33-26)32-24-9-5-23(6-10-24)28(37)34-15-17-35(18-16-34)29(38)27-4-3-20-39-27;25-13-1-2-14-28-18-9-5-15(6-10-18)19-11-12-22-21(24-19)23-17-7-3-16(4-8-17)20(26)27;1-16(2)10-9-15(18)13-5-7-14(8-6-13)19-12-4-3-11-17;1-14-8(13)6-2-4-7(5-3-6)12-9(10)11;12-9(8-2-1-7-13-8)11-5-3-10-4-6-11;5-3-1-2-4-6;/h3-14,20,36H,1-2,15-19,21H2,(H,31,32,33);3-12,25H,1-2,13-14H2,(H,26,27)(H,22,23,24);5-10,17H,3-4,11-12H2,1-2H3;2-5H,1H3,(H4,10,11,12);1-2,7,10H,3-6H2;5-6H,1-4H2;1H/b;;10-9+;;;;. The van der Waals surface area contributed by atoms with E-state index in [9.17, 15) is 28.8 Å². The summed E-state index contributed by atoms with van der Waals surface area (Å²) in [6.45, 7) is 6.17. The molecule has 0 aliphatic carbocycles. The molecule has 28 nitrogen and oxygen atoms in total. The second-order valence-corrected chi connectivity index (χ2v) is 30.6. The van der Waals surface area contributed by atoms with Crippen LogP contribution in [0.4, 0.5) is 29.0 Å². The molecule has 12 N–H and O–H groups in total. The monoisotopic (exact) mass is 1750 g/mol. The van der Waals surface area contributed by atoms with Crippen molar-refractivity contribution >= 4 is 131 Å². The lowest BCUT2D eigenvalue weighted by molar-refractivity contribution is 0.0518. The first-order valence-electron chi connectivity index (χ1n) is 39.0. The Balaban J connectivity index is 0.000000244. The van der Waals surface area contributed by atoms with Crippen LogP contribution in [-0.4, -0.2) is 229 Å². The fourth-order valence-corrected chi connectivity index (χ4v) is 13.9. The maximum absolute atomic E-state index is 13.0. The molecule has 4 aromatic heterocycles. The summed E-state index contributed by atoms with van der Waals surface area (Å²) in [5, 5.41) is 53.1. The Labute approximate surface area is 730 Å². The van der Waals surface area contributed by atoms with Crippen LogP contribution in [0.15, 0.2) is 248 Å². The van der Waals surface area contributed by atoms with E-state index in [0.29, 0.717) is 78.6 Å². The number of ketones is 1. The lowest BCUT2D eigenvalue weighted by atomic mass is 10.1. The van der Waals surface area contributed by atoms with Crippen molar-refractivity contribution in [3.63, 3.8) is 0 Å². The van der Waals surface area contributed by atoms with Crippen molar-refractivity contribution in [1.82, 2.24) is 44.9 Å². The summed E-state index contributed by atoms with van der Waals surface area (Å²) in [5.41, 5.74) is 18.0. The Morgan fingerprint density at radius 2 is 0.917 bits per heavy atom. The number of carboxylic acid groups (broad SMARTS) is 1. The molecule has 3 amide bonds. The number of benzene rings is 6. The number of aliphatic imine (C=N–C) groups is 1. The number of hydrogen-bond donors (Lipinski definition) is 11. The predicted molar refractivity (Wildman–Crippen MR) is 485 cm³/mol. The molecular formula is C88H107ClN14O14S4. The van der Waals surface area contributed by atoms with E-state index in [0.717, 1.165) is 139 Å². The number of anilines is 4.